The van der Waals surface area contributed by atoms with Crippen molar-refractivity contribution in [2.75, 3.05) is 13.2 Å². The van der Waals surface area contributed by atoms with Gasteiger partial charge in [-0.2, -0.15) is 0 Å². The third-order valence-corrected chi connectivity index (χ3v) is 3.76. The second-order valence-electron chi connectivity index (χ2n) is 6.75. The molecule has 1 unspecified atom stereocenters. The second-order valence-corrected chi connectivity index (χ2v) is 7.19. The van der Waals surface area contributed by atoms with Crippen molar-refractivity contribution in [3.63, 3.8) is 0 Å². The number of aliphatic carboxylic acids is 1. The fourth-order valence-electron chi connectivity index (χ4n) is 2.27. The summed E-state index contributed by atoms with van der Waals surface area (Å²) in [5.74, 6) is -0.949. The van der Waals surface area contributed by atoms with Gasteiger partial charge in [0.1, 0.15) is 18.4 Å². The van der Waals surface area contributed by atoms with Crippen molar-refractivity contribution in [1.82, 2.24) is 5.32 Å². The highest BCUT2D eigenvalue weighted by atomic mass is 35.5. The first-order chi connectivity index (χ1) is 11.7. The Morgan fingerprint density at radius 3 is 2.76 bits per heavy atom. The summed E-state index contributed by atoms with van der Waals surface area (Å²) in [4.78, 5) is 23.7. The molecule has 0 fully saturated rings. The topological polar surface area (TPSA) is 84.9 Å². The van der Waals surface area contributed by atoms with Crippen LogP contribution in [0.15, 0.2) is 23.8 Å². The number of rotatable bonds is 6. The van der Waals surface area contributed by atoms with Gasteiger partial charge in [0.05, 0.1) is 11.2 Å². The van der Waals surface area contributed by atoms with E-state index in [1.54, 1.807) is 24.3 Å². The molecule has 1 aromatic carbocycles. The van der Waals surface area contributed by atoms with Gasteiger partial charge >= 0.3 is 5.97 Å². The highest BCUT2D eigenvalue weighted by molar-refractivity contribution is 6.30. The smallest absolute Gasteiger partial charge is 0.326 e. The molecule has 2 N–H and O–H groups in total. The van der Waals surface area contributed by atoms with Crippen LogP contribution in [0.2, 0.25) is 5.02 Å². The van der Waals surface area contributed by atoms with Crippen LogP contribution in [0.1, 0.15) is 32.8 Å². The third-order valence-electron chi connectivity index (χ3n) is 3.52. The Balaban J connectivity index is 2.02. The van der Waals surface area contributed by atoms with E-state index in [1.807, 2.05) is 20.8 Å². The van der Waals surface area contributed by atoms with E-state index < -0.39 is 17.9 Å². The molecule has 1 amide bonds. The van der Waals surface area contributed by atoms with Gasteiger partial charge in [0, 0.05) is 23.6 Å². The van der Waals surface area contributed by atoms with E-state index in [0.717, 1.165) is 0 Å². The number of fused-ring (bicyclic) bond motifs is 1. The molecule has 1 atom stereocenters. The number of amides is 1. The molecular formula is C18H22ClNO5. The van der Waals surface area contributed by atoms with Gasteiger partial charge in [0.15, 0.2) is 0 Å². The summed E-state index contributed by atoms with van der Waals surface area (Å²) in [7, 11) is 0. The number of halogens is 1. The van der Waals surface area contributed by atoms with Gasteiger partial charge in [-0.25, -0.2) is 4.79 Å². The molecule has 1 aliphatic rings. The molecular weight excluding hydrogens is 346 g/mol. The maximum atomic E-state index is 12.4. The van der Waals surface area contributed by atoms with E-state index in [1.165, 1.54) is 0 Å². The second kappa shape index (κ2) is 7.89. The van der Waals surface area contributed by atoms with Crippen LogP contribution in [0.4, 0.5) is 0 Å². The van der Waals surface area contributed by atoms with Gasteiger partial charge in [-0.3, -0.25) is 4.79 Å². The molecule has 1 aliphatic heterocycles. The maximum Gasteiger partial charge on any atom is 0.326 e. The van der Waals surface area contributed by atoms with E-state index in [0.29, 0.717) is 21.9 Å². The zero-order chi connectivity index (χ0) is 18.6. The highest BCUT2D eigenvalue weighted by Crippen LogP contribution is 2.29. The molecule has 2 rings (SSSR count). The van der Waals surface area contributed by atoms with Crippen molar-refractivity contribution >= 4 is 29.6 Å². The summed E-state index contributed by atoms with van der Waals surface area (Å²) in [6.45, 7) is 5.95. The normalized spacial score (nSPS) is 14.8. The number of nitrogens with one attached hydrogen (secondary N) is 1. The van der Waals surface area contributed by atoms with Gasteiger partial charge < -0.3 is 19.9 Å². The van der Waals surface area contributed by atoms with E-state index in [-0.39, 0.29) is 25.2 Å². The first-order valence-corrected chi connectivity index (χ1v) is 8.34. The minimum atomic E-state index is -1.10. The largest absolute Gasteiger partial charge is 0.488 e. The number of carbonyl (C=O) groups excluding carboxylic acids is 1. The van der Waals surface area contributed by atoms with Crippen LogP contribution in [0.5, 0.6) is 5.75 Å². The van der Waals surface area contributed by atoms with Gasteiger partial charge in [-0.15, -0.1) is 0 Å². The number of carboxylic acid groups (broad SMARTS) is 1. The van der Waals surface area contributed by atoms with Crippen LogP contribution in [0.25, 0.3) is 6.08 Å². The third kappa shape index (κ3) is 5.76. The fraction of sp³-hybridized carbons (Fsp3) is 0.444. The minimum Gasteiger partial charge on any atom is -0.488 e. The van der Waals surface area contributed by atoms with Gasteiger partial charge in [-0.05, 0) is 45.0 Å². The number of carbonyl (C=O) groups is 2. The minimum absolute atomic E-state index is 0.0747. The van der Waals surface area contributed by atoms with Gasteiger partial charge in [0.2, 0.25) is 0 Å². The van der Waals surface area contributed by atoms with Crippen molar-refractivity contribution in [2.45, 2.75) is 38.8 Å². The molecule has 25 heavy (non-hydrogen) atoms. The lowest BCUT2D eigenvalue weighted by atomic mass is 10.1. The monoisotopic (exact) mass is 367 g/mol. The zero-order valence-corrected chi connectivity index (χ0v) is 15.2. The predicted octanol–water partition coefficient (Wildman–Crippen LogP) is 2.89. The molecule has 0 bridgehead atoms. The summed E-state index contributed by atoms with van der Waals surface area (Å²) < 4.78 is 11.0. The summed E-state index contributed by atoms with van der Waals surface area (Å²) in [5.41, 5.74) is 0.667. The van der Waals surface area contributed by atoms with Crippen LogP contribution >= 0.6 is 11.6 Å². The van der Waals surface area contributed by atoms with E-state index >= 15 is 0 Å². The molecule has 6 nitrogen and oxygen atoms in total. The van der Waals surface area contributed by atoms with Crippen LogP contribution in [0, 0.1) is 0 Å². The zero-order valence-electron chi connectivity index (χ0n) is 14.5. The average molecular weight is 368 g/mol. The first-order valence-electron chi connectivity index (χ1n) is 7.96. The highest BCUT2D eigenvalue weighted by Gasteiger charge is 2.24. The van der Waals surface area contributed by atoms with Crippen LogP contribution in [0.3, 0.4) is 0 Å². The Kier molecular flexibility index (Phi) is 6.08. The predicted molar refractivity (Wildman–Crippen MR) is 94.8 cm³/mol. The van der Waals surface area contributed by atoms with Crippen molar-refractivity contribution in [1.29, 1.82) is 0 Å². The summed E-state index contributed by atoms with van der Waals surface area (Å²) in [6.07, 6.45) is 1.83. The van der Waals surface area contributed by atoms with E-state index in [2.05, 4.69) is 5.32 Å². The number of hydrogen-bond acceptors (Lipinski definition) is 4. The lowest BCUT2D eigenvalue weighted by Gasteiger charge is -2.22. The Morgan fingerprint density at radius 1 is 1.40 bits per heavy atom. The molecule has 1 heterocycles. The SMILES string of the molecule is CC(C)(C)OCCC(NC(=O)C1=Cc2cc(Cl)ccc2OC1)C(=O)O. The first kappa shape index (κ1) is 19.3. The summed E-state index contributed by atoms with van der Waals surface area (Å²) in [6, 6.07) is 4.09. The van der Waals surface area contributed by atoms with Crippen molar-refractivity contribution in [3.05, 3.63) is 34.4 Å². The molecule has 0 aromatic heterocycles. The molecule has 0 saturated carbocycles. The number of hydrogen-bond donors (Lipinski definition) is 2. The Labute approximate surface area is 151 Å². The molecule has 136 valence electrons. The molecule has 0 saturated heterocycles. The molecule has 0 aliphatic carbocycles. The van der Waals surface area contributed by atoms with E-state index in [9.17, 15) is 14.7 Å². The van der Waals surface area contributed by atoms with Crippen molar-refractivity contribution < 1.29 is 24.2 Å². The van der Waals surface area contributed by atoms with Crippen LogP contribution in [-0.4, -0.2) is 41.8 Å². The lowest BCUT2D eigenvalue weighted by molar-refractivity contribution is -0.142. The number of benzene rings is 1. The Hall–Kier alpha value is -2.05. The number of carboxylic acids is 1. The van der Waals surface area contributed by atoms with Gasteiger partial charge in [0.25, 0.3) is 5.91 Å². The Bertz CT molecular complexity index is 693. The van der Waals surface area contributed by atoms with Gasteiger partial charge in [-0.1, -0.05) is 11.6 Å². The van der Waals surface area contributed by atoms with Crippen molar-refractivity contribution in [3.8, 4) is 5.75 Å². The quantitative estimate of drug-likeness (QED) is 0.807. The van der Waals surface area contributed by atoms with E-state index in [4.69, 9.17) is 21.1 Å². The summed E-state index contributed by atoms with van der Waals surface area (Å²) in [5, 5.41) is 12.4. The number of ether oxygens (including phenoxy) is 2. The lowest BCUT2D eigenvalue weighted by Crippen LogP contribution is -2.43. The van der Waals surface area contributed by atoms with Crippen LogP contribution in [-0.2, 0) is 14.3 Å². The van der Waals surface area contributed by atoms with Crippen molar-refractivity contribution in [2.24, 2.45) is 0 Å². The molecule has 0 radical (unpaired) electrons. The molecule has 7 heteroatoms. The summed E-state index contributed by atoms with van der Waals surface area (Å²) >= 11 is 5.95. The fourth-order valence-corrected chi connectivity index (χ4v) is 2.45. The Morgan fingerprint density at radius 2 is 2.12 bits per heavy atom. The standard InChI is InChI=1S/C18H22ClNO5/c1-18(2,3)25-7-6-14(17(22)23)20-16(21)12-8-11-9-13(19)4-5-15(11)24-10-12/h4-5,8-9,14H,6-7,10H2,1-3H3,(H,20,21)(H,22,23). The molecule has 0 spiro atoms. The van der Waals surface area contributed by atoms with Crippen LogP contribution < -0.4 is 10.1 Å². The molecule has 1 aromatic rings. The maximum absolute atomic E-state index is 12.4. The average Bonchev–Trinajstić information content (AvgIpc) is 2.51.